The van der Waals surface area contributed by atoms with Crippen molar-refractivity contribution in [2.75, 3.05) is 26.7 Å². The maximum Gasteiger partial charge on any atom is 0.408 e. The molecule has 0 aliphatic carbocycles. The first-order chi connectivity index (χ1) is 19.6. The molecule has 1 saturated heterocycles. The van der Waals surface area contributed by atoms with Gasteiger partial charge in [-0.3, -0.25) is 14.5 Å². The van der Waals surface area contributed by atoms with Crippen molar-refractivity contribution < 1.29 is 19.1 Å². The first-order valence-corrected chi connectivity index (χ1v) is 14.0. The molecule has 1 unspecified atom stereocenters. The van der Waals surface area contributed by atoms with Gasteiger partial charge in [0.25, 0.3) is 5.91 Å². The number of benzene rings is 3. The third kappa shape index (κ3) is 9.18. The van der Waals surface area contributed by atoms with Crippen LogP contribution in [0.1, 0.15) is 48.7 Å². The summed E-state index contributed by atoms with van der Waals surface area (Å²) in [5.74, 6) is -0.279. The standard InChI is InChI=1S/C33H40N4O4/c1-33(2,3)41-32(40)34-20-30(38)36(4)21-25-11-8-12-28(19-25)26-13-15-27(16-14-26)31(39)35-29-17-18-37(23-29)22-24-9-6-5-7-10-24/h5-16,19,29H,17-18,20-23H2,1-4H3,(H,34,40)(H,35,39). The molecule has 0 bridgehead atoms. The lowest BCUT2D eigenvalue weighted by molar-refractivity contribution is -0.129. The van der Waals surface area contributed by atoms with E-state index in [1.807, 2.05) is 54.6 Å². The molecule has 8 heteroatoms. The molecule has 41 heavy (non-hydrogen) atoms. The highest BCUT2D eigenvalue weighted by atomic mass is 16.6. The van der Waals surface area contributed by atoms with Crippen LogP contribution in [0.2, 0.25) is 0 Å². The predicted octanol–water partition coefficient (Wildman–Crippen LogP) is 4.84. The van der Waals surface area contributed by atoms with Crippen molar-refractivity contribution in [3.63, 3.8) is 0 Å². The SMILES string of the molecule is CN(Cc1cccc(-c2ccc(C(=O)NC3CCN(Cc4ccccc4)C3)cc2)c1)C(=O)CNC(=O)OC(C)(C)C. The van der Waals surface area contributed by atoms with Crippen LogP contribution >= 0.6 is 0 Å². The predicted molar refractivity (Wildman–Crippen MR) is 160 cm³/mol. The zero-order valence-corrected chi connectivity index (χ0v) is 24.4. The lowest BCUT2D eigenvalue weighted by atomic mass is 10.0. The Labute approximate surface area is 242 Å². The molecule has 0 aromatic heterocycles. The van der Waals surface area contributed by atoms with Crippen molar-refractivity contribution in [3.8, 4) is 11.1 Å². The molecule has 1 atom stereocenters. The summed E-state index contributed by atoms with van der Waals surface area (Å²) in [5.41, 5.74) is 4.23. The highest BCUT2D eigenvalue weighted by molar-refractivity contribution is 5.95. The van der Waals surface area contributed by atoms with E-state index in [1.54, 1.807) is 32.7 Å². The second-order valence-electron chi connectivity index (χ2n) is 11.6. The number of rotatable bonds is 9. The van der Waals surface area contributed by atoms with Gasteiger partial charge in [0.15, 0.2) is 0 Å². The number of nitrogens with one attached hydrogen (secondary N) is 2. The van der Waals surface area contributed by atoms with Crippen LogP contribution in [0.5, 0.6) is 0 Å². The molecule has 1 fully saturated rings. The van der Waals surface area contributed by atoms with Gasteiger partial charge in [0, 0.05) is 44.8 Å². The zero-order chi connectivity index (χ0) is 29.4. The van der Waals surface area contributed by atoms with E-state index in [0.29, 0.717) is 12.1 Å². The van der Waals surface area contributed by atoms with Crippen molar-refractivity contribution in [1.29, 1.82) is 0 Å². The Balaban J connectivity index is 1.27. The second-order valence-corrected chi connectivity index (χ2v) is 11.6. The van der Waals surface area contributed by atoms with E-state index in [0.717, 1.165) is 42.7 Å². The largest absolute Gasteiger partial charge is 0.444 e. The van der Waals surface area contributed by atoms with E-state index >= 15 is 0 Å². The molecule has 1 heterocycles. The van der Waals surface area contributed by atoms with Gasteiger partial charge in [0.1, 0.15) is 12.1 Å². The van der Waals surface area contributed by atoms with Crippen molar-refractivity contribution in [3.05, 3.63) is 95.6 Å². The molecule has 0 spiro atoms. The molecule has 1 aliphatic rings. The highest BCUT2D eigenvalue weighted by Gasteiger charge is 2.24. The van der Waals surface area contributed by atoms with Crippen LogP contribution in [0.4, 0.5) is 4.79 Å². The number of likely N-dealkylation sites (tertiary alicyclic amines) is 1. The first-order valence-electron chi connectivity index (χ1n) is 14.0. The summed E-state index contributed by atoms with van der Waals surface area (Å²) in [6.07, 6.45) is 0.323. The minimum Gasteiger partial charge on any atom is -0.444 e. The van der Waals surface area contributed by atoms with Gasteiger partial charge in [-0.2, -0.15) is 0 Å². The lowest BCUT2D eigenvalue weighted by Gasteiger charge is -2.21. The number of carbonyl (C=O) groups excluding carboxylic acids is 3. The summed E-state index contributed by atoms with van der Waals surface area (Å²) in [7, 11) is 1.70. The third-order valence-electron chi connectivity index (χ3n) is 6.89. The van der Waals surface area contributed by atoms with E-state index in [-0.39, 0.29) is 24.4 Å². The fraction of sp³-hybridized carbons (Fsp3) is 0.364. The summed E-state index contributed by atoms with van der Waals surface area (Å²) in [6.45, 7) is 8.28. The third-order valence-corrected chi connectivity index (χ3v) is 6.89. The maximum absolute atomic E-state index is 12.9. The fourth-order valence-electron chi connectivity index (χ4n) is 4.83. The summed E-state index contributed by atoms with van der Waals surface area (Å²) in [4.78, 5) is 41.2. The van der Waals surface area contributed by atoms with E-state index in [9.17, 15) is 14.4 Å². The minimum absolute atomic E-state index is 0.0583. The first kappa shape index (κ1) is 29.8. The number of amides is 3. The molecule has 216 valence electrons. The van der Waals surface area contributed by atoms with Gasteiger partial charge < -0.3 is 20.3 Å². The number of carbonyl (C=O) groups is 3. The van der Waals surface area contributed by atoms with Gasteiger partial charge in [0.05, 0.1) is 0 Å². The van der Waals surface area contributed by atoms with E-state index in [4.69, 9.17) is 4.74 Å². The molecule has 0 radical (unpaired) electrons. The highest BCUT2D eigenvalue weighted by Crippen LogP contribution is 2.22. The summed E-state index contributed by atoms with van der Waals surface area (Å²) in [6, 6.07) is 26.1. The number of alkyl carbamates (subject to hydrolysis) is 1. The Kier molecular flexibility index (Phi) is 9.78. The molecule has 2 N–H and O–H groups in total. The number of hydrogen-bond donors (Lipinski definition) is 2. The van der Waals surface area contributed by atoms with Crippen LogP contribution in [-0.2, 0) is 22.6 Å². The summed E-state index contributed by atoms with van der Waals surface area (Å²) in [5, 5.41) is 5.69. The number of likely N-dealkylation sites (N-methyl/N-ethyl adjacent to an activating group) is 1. The van der Waals surface area contributed by atoms with Crippen LogP contribution in [-0.4, -0.2) is 66.0 Å². The molecule has 3 aromatic carbocycles. The van der Waals surface area contributed by atoms with Crippen molar-refractivity contribution in [1.82, 2.24) is 20.4 Å². The van der Waals surface area contributed by atoms with Crippen LogP contribution in [0.25, 0.3) is 11.1 Å². The molecule has 1 aliphatic heterocycles. The molecule has 0 saturated carbocycles. The van der Waals surface area contributed by atoms with Gasteiger partial charge in [-0.15, -0.1) is 0 Å². The molecular weight excluding hydrogens is 516 g/mol. The quantitative estimate of drug-likeness (QED) is 0.394. The monoisotopic (exact) mass is 556 g/mol. The second kappa shape index (κ2) is 13.5. The maximum atomic E-state index is 12.9. The molecule has 3 aromatic rings. The number of nitrogens with zero attached hydrogens (tertiary/aromatic N) is 2. The average molecular weight is 557 g/mol. The Hall–Kier alpha value is -4.17. The van der Waals surface area contributed by atoms with Gasteiger partial charge >= 0.3 is 6.09 Å². The van der Waals surface area contributed by atoms with Gasteiger partial charge in [-0.05, 0) is 67.6 Å². The normalized spacial score (nSPS) is 15.3. The van der Waals surface area contributed by atoms with Crippen molar-refractivity contribution in [2.45, 2.75) is 51.9 Å². The van der Waals surface area contributed by atoms with E-state index < -0.39 is 11.7 Å². The molecule has 4 rings (SSSR count). The Bertz CT molecular complexity index is 1340. The van der Waals surface area contributed by atoms with Crippen LogP contribution in [0, 0.1) is 0 Å². The van der Waals surface area contributed by atoms with Crippen molar-refractivity contribution in [2.24, 2.45) is 0 Å². The minimum atomic E-state index is -0.623. The molecule has 3 amide bonds. The van der Waals surface area contributed by atoms with Crippen LogP contribution in [0.3, 0.4) is 0 Å². The molecular formula is C33H40N4O4. The smallest absolute Gasteiger partial charge is 0.408 e. The number of hydrogen-bond acceptors (Lipinski definition) is 5. The fourth-order valence-corrected chi connectivity index (χ4v) is 4.83. The van der Waals surface area contributed by atoms with E-state index in [2.05, 4.69) is 39.8 Å². The summed E-state index contributed by atoms with van der Waals surface area (Å²) >= 11 is 0. The topological polar surface area (TPSA) is 91.0 Å². The zero-order valence-electron chi connectivity index (χ0n) is 24.4. The van der Waals surface area contributed by atoms with Gasteiger partial charge in [-0.25, -0.2) is 4.79 Å². The van der Waals surface area contributed by atoms with Crippen LogP contribution in [0.15, 0.2) is 78.9 Å². The number of ether oxygens (including phenoxy) is 1. The van der Waals surface area contributed by atoms with E-state index in [1.165, 1.54) is 5.56 Å². The Morgan fingerprint density at radius 1 is 0.927 bits per heavy atom. The Morgan fingerprint density at radius 3 is 2.34 bits per heavy atom. The van der Waals surface area contributed by atoms with Crippen LogP contribution < -0.4 is 10.6 Å². The van der Waals surface area contributed by atoms with Gasteiger partial charge in [0.2, 0.25) is 5.91 Å². The average Bonchev–Trinajstić information content (AvgIpc) is 3.38. The van der Waals surface area contributed by atoms with Gasteiger partial charge in [-0.1, -0.05) is 60.7 Å². The lowest BCUT2D eigenvalue weighted by Crippen LogP contribution is -2.40. The van der Waals surface area contributed by atoms with Crippen molar-refractivity contribution >= 4 is 17.9 Å². The summed E-state index contributed by atoms with van der Waals surface area (Å²) < 4.78 is 5.18. The Morgan fingerprint density at radius 2 is 1.63 bits per heavy atom. The molecule has 8 nitrogen and oxygen atoms in total.